The van der Waals surface area contributed by atoms with Gasteiger partial charge in [-0.3, -0.25) is 4.90 Å². The summed E-state index contributed by atoms with van der Waals surface area (Å²) in [6, 6.07) is 3.53. The van der Waals surface area contributed by atoms with Gasteiger partial charge in [-0.05, 0) is 25.3 Å². The molecule has 1 saturated heterocycles. The van der Waals surface area contributed by atoms with E-state index in [2.05, 4.69) is 20.2 Å². The van der Waals surface area contributed by atoms with Gasteiger partial charge >= 0.3 is 0 Å². The number of nitrogens with zero attached hydrogens (tertiary/aromatic N) is 3. The number of nitrogens with one attached hydrogen (secondary N) is 1. The van der Waals surface area contributed by atoms with Crippen molar-refractivity contribution in [3.63, 3.8) is 0 Å². The lowest BCUT2D eigenvalue weighted by Gasteiger charge is -2.15. The molecule has 1 aromatic rings. The minimum absolute atomic E-state index is 0.649. The van der Waals surface area contributed by atoms with Crippen LogP contribution in [0.25, 0.3) is 0 Å². The van der Waals surface area contributed by atoms with E-state index in [9.17, 15) is 0 Å². The van der Waals surface area contributed by atoms with Crippen molar-refractivity contribution < 1.29 is 0 Å². The number of rotatable bonds is 4. The fourth-order valence-electron chi connectivity index (χ4n) is 2.40. The molecular formula is C12H18N4. The highest BCUT2D eigenvalue weighted by molar-refractivity contribution is 4.98. The molecule has 2 aliphatic rings. The fraction of sp³-hybridized carbons (Fsp3) is 0.667. The highest BCUT2D eigenvalue weighted by Gasteiger charge is 2.33. The van der Waals surface area contributed by atoms with Crippen LogP contribution in [0.4, 0.5) is 0 Å². The fourth-order valence-corrected chi connectivity index (χ4v) is 2.40. The molecule has 2 heterocycles. The molecule has 0 aromatic carbocycles. The lowest BCUT2D eigenvalue weighted by Crippen LogP contribution is -2.33. The van der Waals surface area contributed by atoms with E-state index < -0.39 is 0 Å². The van der Waals surface area contributed by atoms with Crippen LogP contribution < -0.4 is 5.32 Å². The summed E-state index contributed by atoms with van der Waals surface area (Å²) in [5.74, 6) is 0. The highest BCUT2D eigenvalue weighted by Crippen LogP contribution is 2.29. The van der Waals surface area contributed by atoms with Crippen LogP contribution in [-0.4, -0.2) is 40.0 Å². The van der Waals surface area contributed by atoms with E-state index in [4.69, 9.17) is 0 Å². The molecule has 0 amide bonds. The monoisotopic (exact) mass is 218 g/mol. The topological polar surface area (TPSA) is 41.0 Å². The van der Waals surface area contributed by atoms with Gasteiger partial charge in [-0.15, -0.1) is 0 Å². The Balaban J connectivity index is 1.46. The van der Waals surface area contributed by atoms with Gasteiger partial charge in [0.05, 0.1) is 5.69 Å². The summed E-state index contributed by atoms with van der Waals surface area (Å²) in [7, 11) is 0. The minimum atomic E-state index is 0.649. The van der Waals surface area contributed by atoms with Crippen LogP contribution in [0.2, 0.25) is 0 Å². The second-order valence-corrected chi connectivity index (χ2v) is 4.79. The lowest BCUT2D eigenvalue weighted by molar-refractivity contribution is 0.317. The zero-order valence-electron chi connectivity index (χ0n) is 9.47. The minimum Gasteiger partial charge on any atom is -0.307 e. The maximum atomic E-state index is 4.22. The van der Waals surface area contributed by atoms with Gasteiger partial charge in [-0.25, -0.2) is 9.97 Å². The summed E-state index contributed by atoms with van der Waals surface area (Å²) in [4.78, 5) is 10.8. The first kappa shape index (κ1) is 10.2. The lowest BCUT2D eigenvalue weighted by atomic mass is 10.2. The molecule has 0 spiro atoms. The first-order chi connectivity index (χ1) is 7.92. The van der Waals surface area contributed by atoms with E-state index in [1.807, 2.05) is 6.07 Å². The summed E-state index contributed by atoms with van der Waals surface area (Å²) < 4.78 is 0. The molecule has 1 aliphatic heterocycles. The largest absolute Gasteiger partial charge is 0.307 e. The first-order valence-electron chi connectivity index (χ1n) is 6.14. The third-order valence-corrected chi connectivity index (χ3v) is 3.50. The second kappa shape index (κ2) is 4.47. The maximum absolute atomic E-state index is 4.22. The number of hydrogen-bond donors (Lipinski definition) is 1. The van der Waals surface area contributed by atoms with Crippen molar-refractivity contribution in [3.05, 3.63) is 24.3 Å². The SMILES string of the molecule is c1cc(CNC2CCN(C3CC3)C2)ncn1. The standard InChI is InChI=1S/C12H18N4/c1-2-12(1)16-6-4-11(8-16)14-7-10-3-5-13-9-15-10/h3,5,9,11-12,14H,1-2,4,6-8H2. The summed E-state index contributed by atoms with van der Waals surface area (Å²) in [5.41, 5.74) is 1.08. The molecule has 0 radical (unpaired) electrons. The zero-order valence-corrected chi connectivity index (χ0v) is 9.47. The average Bonchev–Trinajstić information content (AvgIpc) is 3.08. The van der Waals surface area contributed by atoms with Crippen LogP contribution in [0.1, 0.15) is 25.0 Å². The Labute approximate surface area is 96.1 Å². The Hall–Kier alpha value is -1.00. The summed E-state index contributed by atoms with van der Waals surface area (Å²) >= 11 is 0. The van der Waals surface area contributed by atoms with Crippen molar-refractivity contribution in [1.82, 2.24) is 20.2 Å². The molecule has 1 N–H and O–H groups in total. The highest BCUT2D eigenvalue weighted by atomic mass is 15.2. The third-order valence-electron chi connectivity index (χ3n) is 3.50. The van der Waals surface area contributed by atoms with Crippen LogP contribution in [0.5, 0.6) is 0 Å². The Morgan fingerprint density at radius 3 is 3.06 bits per heavy atom. The van der Waals surface area contributed by atoms with Crippen molar-refractivity contribution >= 4 is 0 Å². The number of likely N-dealkylation sites (tertiary alicyclic amines) is 1. The molecule has 4 heteroatoms. The molecule has 86 valence electrons. The Morgan fingerprint density at radius 2 is 2.31 bits per heavy atom. The summed E-state index contributed by atoms with van der Waals surface area (Å²) in [6.45, 7) is 3.35. The number of aromatic nitrogens is 2. The molecule has 3 rings (SSSR count). The Kier molecular flexibility index (Phi) is 2.84. The smallest absolute Gasteiger partial charge is 0.115 e. The molecule has 1 aliphatic carbocycles. The zero-order chi connectivity index (χ0) is 10.8. The van der Waals surface area contributed by atoms with E-state index >= 15 is 0 Å². The second-order valence-electron chi connectivity index (χ2n) is 4.79. The number of hydrogen-bond acceptors (Lipinski definition) is 4. The third kappa shape index (κ3) is 2.39. The predicted molar refractivity (Wildman–Crippen MR) is 61.9 cm³/mol. The average molecular weight is 218 g/mol. The Morgan fingerprint density at radius 1 is 1.38 bits per heavy atom. The normalized spacial score (nSPS) is 26.1. The van der Waals surface area contributed by atoms with Crippen molar-refractivity contribution in [3.8, 4) is 0 Å². The molecule has 1 unspecified atom stereocenters. The van der Waals surface area contributed by atoms with Crippen LogP contribution >= 0.6 is 0 Å². The van der Waals surface area contributed by atoms with Gasteiger partial charge in [0, 0.05) is 37.9 Å². The van der Waals surface area contributed by atoms with Gasteiger partial charge in [0.15, 0.2) is 0 Å². The van der Waals surface area contributed by atoms with Gasteiger partial charge in [0.1, 0.15) is 6.33 Å². The van der Waals surface area contributed by atoms with Crippen molar-refractivity contribution in [2.75, 3.05) is 13.1 Å². The molecule has 1 aromatic heterocycles. The van der Waals surface area contributed by atoms with Crippen molar-refractivity contribution in [1.29, 1.82) is 0 Å². The van der Waals surface area contributed by atoms with Gasteiger partial charge in [0.2, 0.25) is 0 Å². The molecule has 1 atom stereocenters. The van der Waals surface area contributed by atoms with Gasteiger partial charge in [-0.2, -0.15) is 0 Å². The van der Waals surface area contributed by atoms with Crippen LogP contribution in [0.15, 0.2) is 18.6 Å². The van der Waals surface area contributed by atoms with Crippen molar-refractivity contribution in [2.24, 2.45) is 0 Å². The molecular weight excluding hydrogens is 200 g/mol. The van der Waals surface area contributed by atoms with Crippen LogP contribution in [-0.2, 0) is 6.54 Å². The van der Waals surface area contributed by atoms with Gasteiger partial charge in [0.25, 0.3) is 0 Å². The summed E-state index contributed by atoms with van der Waals surface area (Å²) in [6.07, 6.45) is 7.52. The van der Waals surface area contributed by atoms with Crippen LogP contribution in [0.3, 0.4) is 0 Å². The maximum Gasteiger partial charge on any atom is 0.115 e. The molecule has 0 bridgehead atoms. The van der Waals surface area contributed by atoms with E-state index in [0.29, 0.717) is 6.04 Å². The first-order valence-corrected chi connectivity index (χ1v) is 6.14. The Bertz CT molecular complexity index is 336. The quantitative estimate of drug-likeness (QED) is 0.811. The van der Waals surface area contributed by atoms with Gasteiger partial charge in [-0.1, -0.05) is 0 Å². The van der Waals surface area contributed by atoms with E-state index in [1.165, 1.54) is 32.4 Å². The molecule has 4 nitrogen and oxygen atoms in total. The molecule has 1 saturated carbocycles. The van der Waals surface area contributed by atoms with E-state index in [-0.39, 0.29) is 0 Å². The predicted octanol–water partition coefficient (Wildman–Crippen LogP) is 0.803. The van der Waals surface area contributed by atoms with Crippen LogP contribution in [0, 0.1) is 0 Å². The summed E-state index contributed by atoms with van der Waals surface area (Å²) in [5, 5.41) is 3.58. The molecule has 16 heavy (non-hydrogen) atoms. The van der Waals surface area contributed by atoms with E-state index in [1.54, 1.807) is 12.5 Å². The molecule has 2 fully saturated rings. The van der Waals surface area contributed by atoms with E-state index in [0.717, 1.165) is 18.3 Å². The van der Waals surface area contributed by atoms with Crippen molar-refractivity contribution in [2.45, 2.75) is 37.9 Å². The van der Waals surface area contributed by atoms with Gasteiger partial charge < -0.3 is 5.32 Å².